The number of nitrogens with zero attached hydrogens (tertiary/aromatic N) is 3. The average Bonchev–Trinajstić information content (AvgIpc) is 3.43. The summed E-state index contributed by atoms with van der Waals surface area (Å²) in [4.78, 5) is 10.8. The molecule has 5 rings (SSSR count). The number of nitrogens with one attached hydrogen (secondary N) is 2. The van der Waals surface area contributed by atoms with E-state index in [-0.39, 0.29) is 0 Å². The minimum atomic E-state index is 0.443. The SMILES string of the molecule is Cc1cc(-c2[nH]c3ccc(C4CCN(Cc5ccn[nH]5)CC4)cc3c2C(C)C)c(C)cn1. The molecule has 0 bridgehead atoms. The molecule has 4 heterocycles. The standard InChI is InChI=1S/C27H33N5/c1-17(2)26-24-14-21(20-8-11-32(12-9-20)16-22-7-10-29-31-22)5-6-25(24)30-27(26)23-13-19(4)28-15-18(23)3/h5-7,10,13-15,17,20,30H,8-9,11-12,16H2,1-4H3,(H,29,31). The summed E-state index contributed by atoms with van der Waals surface area (Å²) in [7, 11) is 0. The zero-order chi connectivity index (χ0) is 22.2. The molecule has 5 nitrogen and oxygen atoms in total. The molecule has 4 aromatic rings. The van der Waals surface area contributed by atoms with Gasteiger partial charge in [0.15, 0.2) is 0 Å². The van der Waals surface area contributed by atoms with Crippen LogP contribution < -0.4 is 0 Å². The topological polar surface area (TPSA) is 60.6 Å². The van der Waals surface area contributed by atoms with Crippen LogP contribution in [-0.2, 0) is 6.54 Å². The summed E-state index contributed by atoms with van der Waals surface area (Å²) in [6.07, 6.45) is 6.24. The maximum Gasteiger partial charge on any atom is 0.0503 e. The van der Waals surface area contributed by atoms with Crippen LogP contribution in [0.25, 0.3) is 22.2 Å². The Morgan fingerprint density at radius 2 is 1.91 bits per heavy atom. The van der Waals surface area contributed by atoms with Crippen LogP contribution in [0.2, 0.25) is 0 Å². The number of hydrogen-bond donors (Lipinski definition) is 2. The number of rotatable bonds is 5. The molecule has 1 aromatic carbocycles. The minimum Gasteiger partial charge on any atom is -0.354 e. The van der Waals surface area contributed by atoms with Crippen LogP contribution >= 0.6 is 0 Å². The van der Waals surface area contributed by atoms with Crippen molar-refractivity contribution in [1.82, 2.24) is 25.1 Å². The first-order valence-corrected chi connectivity index (χ1v) is 11.8. The predicted octanol–water partition coefficient (Wildman–Crippen LogP) is 6.07. The molecular weight excluding hydrogens is 394 g/mol. The molecule has 1 aliphatic heterocycles. The Morgan fingerprint density at radius 3 is 2.62 bits per heavy atom. The number of pyridine rings is 1. The Balaban J connectivity index is 1.44. The zero-order valence-electron chi connectivity index (χ0n) is 19.6. The van der Waals surface area contributed by atoms with Gasteiger partial charge in [-0.1, -0.05) is 19.9 Å². The summed E-state index contributed by atoms with van der Waals surface area (Å²) >= 11 is 0. The lowest BCUT2D eigenvalue weighted by Crippen LogP contribution is -2.32. The molecule has 1 aliphatic rings. The highest BCUT2D eigenvalue weighted by Crippen LogP contribution is 2.39. The Labute approximate surface area is 190 Å². The molecule has 0 saturated carbocycles. The van der Waals surface area contributed by atoms with E-state index in [4.69, 9.17) is 0 Å². The van der Waals surface area contributed by atoms with Gasteiger partial charge < -0.3 is 4.98 Å². The van der Waals surface area contributed by atoms with Gasteiger partial charge in [0.2, 0.25) is 0 Å². The van der Waals surface area contributed by atoms with Gasteiger partial charge in [-0.05, 0) is 92.6 Å². The van der Waals surface area contributed by atoms with E-state index in [0.29, 0.717) is 11.8 Å². The molecule has 1 fully saturated rings. The Kier molecular flexibility index (Phi) is 5.60. The van der Waals surface area contributed by atoms with E-state index in [2.05, 4.69) is 83.1 Å². The second-order valence-corrected chi connectivity index (χ2v) is 9.65. The van der Waals surface area contributed by atoms with Gasteiger partial charge in [-0.15, -0.1) is 0 Å². The molecule has 0 atom stereocenters. The number of aromatic nitrogens is 4. The highest BCUT2D eigenvalue weighted by atomic mass is 15.2. The van der Waals surface area contributed by atoms with Gasteiger partial charge >= 0.3 is 0 Å². The monoisotopic (exact) mass is 427 g/mol. The summed E-state index contributed by atoms with van der Waals surface area (Å²) < 4.78 is 0. The van der Waals surface area contributed by atoms with Crippen molar-refractivity contribution in [2.45, 2.75) is 58.9 Å². The van der Waals surface area contributed by atoms with Crippen molar-refractivity contribution in [3.05, 3.63) is 70.8 Å². The lowest BCUT2D eigenvalue weighted by molar-refractivity contribution is 0.202. The Hall–Kier alpha value is -2.92. The number of benzene rings is 1. The summed E-state index contributed by atoms with van der Waals surface area (Å²) in [5.41, 5.74) is 10.1. The molecule has 0 amide bonds. The second-order valence-electron chi connectivity index (χ2n) is 9.65. The van der Waals surface area contributed by atoms with Crippen molar-refractivity contribution >= 4 is 10.9 Å². The van der Waals surface area contributed by atoms with Gasteiger partial charge in [0, 0.05) is 46.8 Å². The number of fused-ring (bicyclic) bond motifs is 1. The van der Waals surface area contributed by atoms with Gasteiger partial charge in [0.05, 0.1) is 5.69 Å². The normalized spacial score (nSPS) is 15.8. The lowest BCUT2D eigenvalue weighted by atomic mass is 9.87. The number of H-pyrrole nitrogens is 2. The van der Waals surface area contributed by atoms with E-state index in [1.165, 1.54) is 57.4 Å². The predicted molar refractivity (Wildman–Crippen MR) is 131 cm³/mol. The average molecular weight is 428 g/mol. The molecule has 166 valence electrons. The van der Waals surface area contributed by atoms with Gasteiger partial charge in [0.25, 0.3) is 0 Å². The second kappa shape index (κ2) is 8.55. The van der Waals surface area contributed by atoms with Crippen LogP contribution in [-0.4, -0.2) is 38.2 Å². The number of hydrogen-bond acceptors (Lipinski definition) is 3. The van der Waals surface area contributed by atoms with E-state index in [1.54, 1.807) is 0 Å². The summed E-state index contributed by atoms with van der Waals surface area (Å²) in [6.45, 7) is 12.1. The van der Waals surface area contributed by atoms with Crippen molar-refractivity contribution in [3.63, 3.8) is 0 Å². The minimum absolute atomic E-state index is 0.443. The fraction of sp³-hybridized carbons (Fsp3) is 0.407. The fourth-order valence-corrected chi connectivity index (χ4v) is 5.23. The van der Waals surface area contributed by atoms with Gasteiger partial charge in [-0.2, -0.15) is 5.10 Å². The van der Waals surface area contributed by atoms with Crippen LogP contribution in [0.5, 0.6) is 0 Å². The zero-order valence-corrected chi connectivity index (χ0v) is 19.6. The van der Waals surface area contributed by atoms with E-state index < -0.39 is 0 Å². The third-order valence-corrected chi connectivity index (χ3v) is 6.96. The Morgan fingerprint density at radius 1 is 1.09 bits per heavy atom. The molecule has 0 radical (unpaired) electrons. The number of aryl methyl sites for hydroxylation is 2. The van der Waals surface area contributed by atoms with Crippen LogP contribution in [0.4, 0.5) is 0 Å². The first kappa shape index (κ1) is 21.0. The van der Waals surface area contributed by atoms with Crippen LogP contribution in [0, 0.1) is 13.8 Å². The van der Waals surface area contributed by atoms with Crippen LogP contribution in [0.1, 0.15) is 66.6 Å². The number of aromatic amines is 2. The van der Waals surface area contributed by atoms with Crippen molar-refractivity contribution in [2.75, 3.05) is 13.1 Å². The fourth-order valence-electron chi connectivity index (χ4n) is 5.23. The van der Waals surface area contributed by atoms with Crippen LogP contribution in [0.3, 0.4) is 0 Å². The molecule has 0 aliphatic carbocycles. The van der Waals surface area contributed by atoms with Crippen LogP contribution in [0.15, 0.2) is 42.7 Å². The summed E-state index contributed by atoms with van der Waals surface area (Å²) in [6, 6.07) is 11.4. The van der Waals surface area contributed by atoms with Crippen molar-refractivity contribution in [3.8, 4) is 11.3 Å². The van der Waals surface area contributed by atoms with Crippen molar-refractivity contribution in [1.29, 1.82) is 0 Å². The largest absolute Gasteiger partial charge is 0.354 e. The van der Waals surface area contributed by atoms with Crippen molar-refractivity contribution in [2.24, 2.45) is 0 Å². The van der Waals surface area contributed by atoms with Gasteiger partial charge in [-0.3, -0.25) is 15.0 Å². The molecule has 0 spiro atoms. The quantitative estimate of drug-likeness (QED) is 0.406. The maximum absolute atomic E-state index is 4.47. The first-order valence-electron chi connectivity index (χ1n) is 11.8. The van der Waals surface area contributed by atoms with Crippen molar-refractivity contribution < 1.29 is 0 Å². The van der Waals surface area contributed by atoms with E-state index in [0.717, 1.165) is 25.3 Å². The maximum atomic E-state index is 4.47. The smallest absolute Gasteiger partial charge is 0.0503 e. The third kappa shape index (κ3) is 3.97. The molecule has 0 unspecified atom stereocenters. The lowest BCUT2D eigenvalue weighted by Gasteiger charge is -2.31. The molecule has 2 N–H and O–H groups in total. The summed E-state index contributed by atoms with van der Waals surface area (Å²) in [5.74, 6) is 1.07. The molecule has 3 aromatic heterocycles. The molecule has 5 heteroatoms. The van der Waals surface area contributed by atoms with E-state index in [9.17, 15) is 0 Å². The highest BCUT2D eigenvalue weighted by Gasteiger charge is 2.23. The first-order chi connectivity index (χ1) is 15.5. The number of piperidine rings is 1. The summed E-state index contributed by atoms with van der Waals surface area (Å²) in [5, 5.41) is 8.54. The van der Waals surface area contributed by atoms with Gasteiger partial charge in [0.1, 0.15) is 0 Å². The highest BCUT2D eigenvalue weighted by molar-refractivity contribution is 5.92. The van der Waals surface area contributed by atoms with E-state index in [1.807, 2.05) is 12.4 Å². The third-order valence-electron chi connectivity index (χ3n) is 6.96. The number of likely N-dealkylation sites (tertiary alicyclic amines) is 1. The van der Waals surface area contributed by atoms with Gasteiger partial charge in [-0.25, -0.2) is 0 Å². The van der Waals surface area contributed by atoms with E-state index >= 15 is 0 Å². The molecule has 32 heavy (non-hydrogen) atoms. The molecule has 1 saturated heterocycles. The molecular formula is C27H33N5. The Bertz CT molecular complexity index is 1210.